The SMILES string of the molecule is CN(CC1CC1)C(=O)CCCOc1ccc(Cl)cc1Cl. The quantitative estimate of drug-likeness (QED) is 0.711. The van der Waals surface area contributed by atoms with Gasteiger partial charge in [-0.05, 0) is 43.4 Å². The zero-order chi connectivity index (χ0) is 14.5. The average molecular weight is 316 g/mol. The molecule has 110 valence electrons. The molecule has 1 aliphatic rings. The monoisotopic (exact) mass is 315 g/mol. The van der Waals surface area contributed by atoms with Crippen molar-refractivity contribution in [1.82, 2.24) is 4.90 Å². The largest absolute Gasteiger partial charge is 0.492 e. The molecule has 3 nitrogen and oxygen atoms in total. The maximum absolute atomic E-state index is 11.9. The van der Waals surface area contributed by atoms with Crippen LogP contribution in [-0.4, -0.2) is 31.0 Å². The van der Waals surface area contributed by atoms with Crippen LogP contribution in [0.3, 0.4) is 0 Å². The van der Waals surface area contributed by atoms with Gasteiger partial charge in [-0.25, -0.2) is 0 Å². The molecule has 2 rings (SSSR count). The molecule has 1 aromatic carbocycles. The summed E-state index contributed by atoms with van der Waals surface area (Å²) in [5.74, 6) is 1.52. The minimum atomic E-state index is 0.183. The molecule has 20 heavy (non-hydrogen) atoms. The van der Waals surface area contributed by atoms with Crippen LogP contribution in [0, 0.1) is 5.92 Å². The molecule has 1 aliphatic carbocycles. The van der Waals surface area contributed by atoms with Gasteiger partial charge >= 0.3 is 0 Å². The van der Waals surface area contributed by atoms with Gasteiger partial charge in [0.15, 0.2) is 0 Å². The van der Waals surface area contributed by atoms with E-state index in [-0.39, 0.29) is 5.91 Å². The molecule has 0 saturated heterocycles. The minimum Gasteiger partial charge on any atom is -0.492 e. The molecular formula is C15H19Cl2NO2. The first-order valence-corrected chi connectivity index (χ1v) is 7.63. The van der Waals surface area contributed by atoms with E-state index in [9.17, 15) is 4.79 Å². The number of rotatable bonds is 7. The first kappa shape index (κ1) is 15.5. The molecule has 1 fully saturated rings. The van der Waals surface area contributed by atoms with Crippen molar-refractivity contribution in [2.75, 3.05) is 20.2 Å². The zero-order valence-electron chi connectivity index (χ0n) is 11.6. The van der Waals surface area contributed by atoms with Crippen molar-refractivity contribution in [3.05, 3.63) is 28.2 Å². The molecule has 5 heteroatoms. The van der Waals surface area contributed by atoms with Crippen LogP contribution in [0.2, 0.25) is 10.0 Å². The Morgan fingerprint density at radius 3 is 2.80 bits per heavy atom. The summed E-state index contributed by atoms with van der Waals surface area (Å²) in [7, 11) is 1.87. The van der Waals surface area contributed by atoms with Crippen LogP contribution >= 0.6 is 23.2 Å². The van der Waals surface area contributed by atoms with Gasteiger partial charge in [-0.2, -0.15) is 0 Å². The average Bonchev–Trinajstić information content (AvgIpc) is 3.20. The first-order valence-electron chi connectivity index (χ1n) is 6.88. The number of hydrogen-bond acceptors (Lipinski definition) is 2. The highest BCUT2D eigenvalue weighted by Gasteiger charge is 2.24. The summed E-state index contributed by atoms with van der Waals surface area (Å²) >= 11 is 11.8. The molecule has 0 radical (unpaired) electrons. The van der Waals surface area contributed by atoms with Crippen molar-refractivity contribution in [2.24, 2.45) is 5.92 Å². The lowest BCUT2D eigenvalue weighted by atomic mass is 10.2. The molecule has 1 amide bonds. The van der Waals surface area contributed by atoms with Gasteiger partial charge in [0.2, 0.25) is 5.91 Å². The van der Waals surface area contributed by atoms with Crippen molar-refractivity contribution in [3.63, 3.8) is 0 Å². The summed E-state index contributed by atoms with van der Waals surface area (Å²) in [6.07, 6.45) is 3.72. The second-order valence-corrected chi connectivity index (χ2v) is 6.09. The van der Waals surface area contributed by atoms with Gasteiger partial charge < -0.3 is 9.64 Å². The van der Waals surface area contributed by atoms with E-state index in [1.54, 1.807) is 18.2 Å². The highest BCUT2D eigenvalue weighted by Crippen LogP contribution is 2.29. The summed E-state index contributed by atoms with van der Waals surface area (Å²) in [6.45, 7) is 1.37. The molecule has 1 saturated carbocycles. The fourth-order valence-corrected chi connectivity index (χ4v) is 2.44. The Morgan fingerprint density at radius 2 is 2.15 bits per heavy atom. The molecule has 0 heterocycles. The Morgan fingerprint density at radius 1 is 1.40 bits per heavy atom. The standard InChI is InChI=1S/C15H19Cl2NO2/c1-18(10-11-4-5-11)15(19)3-2-8-20-14-7-6-12(16)9-13(14)17/h6-7,9,11H,2-5,8,10H2,1H3. The molecule has 0 spiro atoms. The first-order chi connectivity index (χ1) is 9.56. The lowest BCUT2D eigenvalue weighted by Gasteiger charge is -2.16. The number of ether oxygens (including phenoxy) is 1. The summed E-state index contributed by atoms with van der Waals surface area (Å²) in [5, 5.41) is 1.08. The normalized spacial score (nSPS) is 14.2. The van der Waals surface area contributed by atoms with E-state index in [2.05, 4.69) is 0 Å². The summed E-state index contributed by atoms with van der Waals surface area (Å²) in [6, 6.07) is 5.12. The predicted molar refractivity (Wildman–Crippen MR) is 81.6 cm³/mol. The van der Waals surface area contributed by atoms with Gasteiger partial charge in [0, 0.05) is 25.0 Å². The highest BCUT2D eigenvalue weighted by molar-refractivity contribution is 6.35. The minimum absolute atomic E-state index is 0.183. The fourth-order valence-electron chi connectivity index (χ4n) is 1.98. The molecule has 0 aliphatic heterocycles. The third-order valence-corrected chi connectivity index (χ3v) is 3.87. The third-order valence-electron chi connectivity index (χ3n) is 3.34. The second kappa shape index (κ2) is 7.19. The molecule has 0 unspecified atom stereocenters. The van der Waals surface area contributed by atoms with Crippen molar-refractivity contribution in [3.8, 4) is 5.75 Å². The lowest BCUT2D eigenvalue weighted by molar-refractivity contribution is -0.130. The topological polar surface area (TPSA) is 29.5 Å². The zero-order valence-corrected chi connectivity index (χ0v) is 13.1. The molecule has 0 bridgehead atoms. The highest BCUT2D eigenvalue weighted by atomic mass is 35.5. The van der Waals surface area contributed by atoms with E-state index in [1.807, 2.05) is 11.9 Å². The van der Waals surface area contributed by atoms with E-state index in [0.29, 0.717) is 35.2 Å². The molecular weight excluding hydrogens is 297 g/mol. The third kappa shape index (κ3) is 4.88. The van der Waals surface area contributed by atoms with Crippen molar-refractivity contribution >= 4 is 29.1 Å². The van der Waals surface area contributed by atoms with Gasteiger partial charge in [-0.1, -0.05) is 23.2 Å². The molecule has 1 aromatic rings. The van der Waals surface area contributed by atoms with Crippen LogP contribution in [0.15, 0.2) is 18.2 Å². The maximum Gasteiger partial charge on any atom is 0.222 e. The van der Waals surface area contributed by atoms with E-state index in [0.717, 1.165) is 12.5 Å². The van der Waals surface area contributed by atoms with Gasteiger partial charge in [0.25, 0.3) is 0 Å². The van der Waals surface area contributed by atoms with E-state index in [1.165, 1.54) is 12.8 Å². The van der Waals surface area contributed by atoms with Crippen LogP contribution in [0.1, 0.15) is 25.7 Å². The smallest absolute Gasteiger partial charge is 0.222 e. The molecule has 0 aromatic heterocycles. The fraction of sp³-hybridized carbons (Fsp3) is 0.533. The molecule has 0 N–H and O–H groups in total. The Balaban J connectivity index is 1.66. The van der Waals surface area contributed by atoms with Crippen molar-refractivity contribution in [1.29, 1.82) is 0 Å². The summed E-state index contributed by atoms with van der Waals surface area (Å²) < 4.78 is 5.55. The summed E-state index contributed by atoms with van der Waals surface area (Å²) in [4.78, 5) is 13.7. The predicted octanol–water partition coefficient (Wildman–Crippen LogP) is 4.02. The van der Waals surface area contributed by atoms with Crippen LogP contribution in [-0.2, 0) is 4.79 Å². The van der Waals surface area contributed by atoms with Crippen LogP contribution in [0.25, 0.3) is 0 Å². The van der Waals surface area contributed by atoms with Crippen molar-refractivity contribution < 1.29 is 9.53 Å². The molecule has 0 atom stereocenters. The Kier molecular flexibility index (Phi) is 5.55. The van der Waals surface area contributed by atoms with Gasteiger partial charge in [0.05, 0.1) is 11.6 Å². The van der Waals surface area contributed by atoms with E-state index < -0.39 is 0 Å². The number of amides is 1. The van der Waals surface area contributed by atoms with Crippen LogP contribution in [0.4, 0.5) is 0 Å². The van der Waals surface area contributed by atoms with Crippen molar-refractivity contribution in [2.45, 2.75) is 25.7 Å². The number of nitrogens with zero attached hydrogens (tertiary/aromatic N) is 1. The number of carbonyl (C=O) groups excluding carboxylic acids is 1. The number of benzene rings is 1. The van der Waals surface area contributed by atoms with Gasteiger partial charge in [-0.3, -0.25) is 4.79 Å². The number of halogens is 2. The second-order valence-electron chi connectivity index (χ2n) is 5.24. The maximum atomic E-state index is 11.9. The number of hydrogen-bond donors (Lipinski definition) is 0. The Hall–Kier alpha value is -0.930. The Bertz CT molecular complexity index is 475. The van der Waals surface area contributed by atoms with Crippen LogP contribution < -0.4 is 4.74 Å². The number of carbonyl (C=O) groups is 1. The summed E-state index contributed by atoms with van der Waals surface area (Å²) in [5.41, 5.74) is 0. The van der Waals surface area contributed by atoms with E-state index >= 15 is 0 Å². The van der Waals surface area contributed by atoms with Gasteiger partial charge in [-0.15, -0.1) is 0 Å². The van der Waals surface area contributed by atoms with Crippen LogP contribution in [0.5, 0.6) is 5.75 Å². The van der Waals surface area contributed by atoms with Gasteiger partial charge in [0.1, 0.15) is 5.75 Å². The lowest BCUT2D eigenvalue weighted by Crippen LogP contribution is -2.28. The Labute approximate surface area is 129 Å². The van der Waals surface area contributed by atoms with E-state index in [4.69, 9.17) is 27.9 Å².